The molecule has 124 valence electrons. The van der Waals surface area contributed by atoms with Gasteiger partial charge in [-0.05, 0) is 38.5 Å². The highest BCUT2D eigenvalue weighted by Gasteiger charge is 2.31. The summed E-state index contributed by atoms with van der Waals surface area (Å²) >= 11 is 0. The van der Waals surface area contributed by atoms with E-state index in [0.29, 0.717) is 12.0 Å². The van der Waals surface area contributed by atoms with Crippen molar-refractivity contribution in [2.24, 2.45) is 10.4 Å². The van der Waals surface area contributed by atoms with E-state index in [2.05, 4.69) is 46.6 Å². The molecule has 22 heavy (non-hydrogen) atoms. The molecule has 1 fully saturated rings. The predicted octanol–water partition coefficient (Wildman–Crippen LogP) is 2.32. The van der Waals surface area contributed by atoms with E-state index < -0.39 is 0 Å². The lowest BCUT2D eigenvalue weighted by Crippen LogP contribution is -2.42. The summed E-state index contributed by atoms with van der Waals surface area (Å²) in [4.78, 5) is 4.66. The number of hydrogen-bond donors (Lipinski definition) is 2. The van der Waals surface area contributed by atoms with Gasteiger partial charge in [0.05, 0.1) is 0 Å². The molecule has 0 aromatic carbocycles. The van der Waals surface area contributed by atoms with Crippen molar-refractivity contribution in [3.05, 3.63) is 12.2 Å². The van der Waals surface area contributed by atoms with Gasteiger partial charge in [0, 0.05) is 19.6 Å². The molecule has 6 heteroatoms. The average molecular weight is 306 g/mol. The van der Waals surface area contributed by atoms with Crippen molar-refractivity contribution in [3.8, 4) is 0 Å². The van der Waals surface area contributed by atoms with E-state index in [1.807, 2.05) is 4.57 Å². The lowest BCUT2D eigenvalue weighted by molar-refractivity contribution is 0.283. The van der Waals surface area contributed by atoms with Gasteiger partial charge in [-0.2, -0.15) is 0 Å². The molecule has 2 N–H and O–H groups in total. The third-order valence-corrected chi connectivity index (χ3v) is 4.80. The molecular formula is C16H30N6. The van der Waals surface area contributed by atoms with Crippen LogP contribution in [0.15, 0.2) is 11.3 Å². The Kier molecular flexibility index (Phi) is 6.21. The number of hydrogen-bond acceptors (Lipinski definition) is 3. The van der Waals surface area contributed by atoms with Crippen LogP contribution < -0.4 is 10.6 Å². The third-order valence-electron chi connectivity index (χ3n) is 4.80. The van der Waals surface area contributed by atoms with Gasteiger partial charge >= 0.3 is 0 Å². The van der Waals surface area contributed by atoms with Crippen molar-refractivity contribution >= 4 is 5.96 Å². The smallest absolute Gasteiger partial charge is 0.191 e. The van der Waals surface area contributed by atoms with Crippen LogP contribution in [-0.4, -0.2) is 33.8 Å². The minimum absolute atomic E-state index is 0.458. The van der Waals surface area contributed by atoms with E-state index >= 15 is 0 Å². The van der Waals surface area contributed by atoms with Crippen LogP contribution in [0.4, 0.5) is 0 Å². The first kappa shape index (κ1) is 16.8. The van der Waals surface area contributed by atoms with Crippen molar-refractivity contribution in [2.45, 2.75) is 66.0 Å². The van der Waals surface area contributed by atoms with Crippen LogP contribution in [-0.2, 0) is 13.1 Å². The maximum Gasteiger partial charge on any atom is 0.191 e. The fraction of sp³-hybridized carbons (Fsp3) is 0.812. The molecule has 1 saturated carbocycles. The Hall–Kier alpha value is -1.59. The van der Waals surface area contributed by atoms with Gasteiger partial charge in [0.2, 0.25) is 0 Å². The minimum Gasteiger partial charge on any atom is -0.357 e. The number of aryl methyl sites for hydroxylation is 1. The van der Waals surface area contributed by atoms with Crippen LogP contribution in [0.25, 0.3) is 0 Å². The molecule has 1 aromatic heterocycles. The Balaban J connectivity index is 1.95. The summed E-state index contributed by atoms with van der Waals surface area (Å²) < 4.78 is 2.03. The minimum atomic E-state index is 0.458. The molecule has 6 nitrogen and oxygen atoms in total. The second-order valence-electron chi connectivity index (χ2n) is 6.14. The second-order valence-corrected chi connectivity index (χ2v) is 6.14. The molecule has 1 heterocycles. The molecule has 0 bridgehead atoms. The summed E-state index contributed by atoms with van der Waals surface area (Å²) in [7, 11) is 0. The van der Waals surface area contributed by atoms with Gasteiger partial charge in [-0.15, -0.1) is 10.2 Å². The molecule has 0 atom stereocenters. The highest BCUT2D eigenvalue weighted by molar-refractivity contribution is 5.79. The number of nitrogens with one attached hydrogen (secondary N) is 2. The lowest BCUT2D eigenvalue weighted by Gasteiger charge is -2.28. The Morgan fingerprint density at radius 3 is 2.68 bits per heavy atom. The molecular weight excluding hydrogens is 276 g/mol. The quantitative estimate of drug-likeness (QED) is 0.599. The van der Waals surface area contributed by atoms with Crippen molar-refractivity contribution in [2.75, 3.05) is 13.1 Å². The van der Waals surface area contributed by atoms with E-state index in [1.54, 1.807) is 6.33 Å². The van der Waals surface area contributed by atoms with Crippen molar-refractivity contribution in [1.82, 2.24) is 25.4 Å². The maximum atomic E-state index is 4.66. The predicted molar refractivity (Wildman–Crippen MR) is 89.7 cm³/mol. The van der Waals surface area contributed by atoms with Crippen LogP contribution in [0.2, 0.25) is 0 Å². The number of aliphatic imine (C=N–C) groups is 1. The van der Waals surface area contributed by atoms with Gasteiger partial charge in [-0.3, -0.25) is 0 Å². The molecule has 0 aliphatic heterocycles. The Morgan fingerprint density at radius 1 is 1.27 bits per heavy atom. The summed E-state index contributed by atoms with van der Waals surface area (Å²) in [6, 6.07) is 0. The highest BCUT2D eigenvalue weighted by atomic mass is 15.3. The molecule has 1 aromatic rings. The summed E-state index contributed by atoms with van der Waals surface area (Å²) in [5, 5.41) is 15.0. The van der Waals surface area contributed by atoms with Crippen molar-refractivity contribution in [3.63, 3.8) is 0 Å². The van der Waals surface area contributed by atoms with Crippen LogP contribution >= 0.6 is 0 Å². The first-order chi connectivity index (χ1) is 10.7. The lowest BCUT2D eigenvalue weighted by atomic mass is 9.83. The fourth-order valence-electron chi connectivity index (χ4n) is 3.21. The van der Waals surface area contributed by atoms with Gasteiger partial charge in [0.1, 0.15) is 12.9 Å². The zero-order valence-electron chi connectivity index (χ0n) is 14.2. The van der Waals surface area contributed by atoms with Gasteiger partial charge in [0.15, 0.2) is 11.8 Å². The average Bonchev–Trinajstić information content (AvgIpc) is 3.19. The molecule has 0 unspecified atom stereocenters. The summed E-state index contributed by atoms with van der Waals surface area (Å²) in [5.74, 6) is 1.79. The summed E-state index contributed by atoms with van der Waals surface area (Å²) in [5.41, 5.74) is 0.458. The molecule has 0 amide bonds. The first-order valence-electron chi connectivity index (χ1n) is 8.62. The number of aromatic nitrogens is 3. The number of rotatable bonds is 7. The SMILES string of the molecule is CCNC(=NCc1nncn1CC)NCC1(CC)CCCC1. The molecule has 0 spiro atoms. The molecule has 0 radical (unpaired) electrons. The van der Waals surface area contributed by atoms with Gasteiger partial charge < -0.3 is 15.2 Å². The van der Waals surface area contributed by atoms with Crippen LogP contribution in [0, 0.1) is 5.41 Å². The van der Waals surface area contributed by atoms with E-state index in [4.69, 9.17) is 0 Å². The molecule has 0 saturated heterocycles. The van der Waals surface area contributed by atoms with Crippen LogP contribution in [0.5, 0.6) is 0 Å². The zero-order chi connectivity index (χ0) is 15.8. The second kappa shape index (κ2) is 8.15. The van der Waals surface area contributed by atoms with E-state index in [-0.39, 0.29) is 0 Å². The summed E-state index contributed by atoms with van der Waals surface area (Å²) in [6.45, 7) is 9.80. The molecule has 1 aliphatic carbocycles. The number of guanidine groups is 1. The molecule has 1 aliphatic rings. The third kappa shape index (κ3) is 4.21. The van der Waals surface area contributed by atoms with E-state index in [0.717, 1.165) is 31.4 Å². The topological polar surface area (TPSA) is 67.1 Å². The van der Waals surface area contributed by atoms with Gasteiger partial charge in [-0.25, -0.2) is 4.99 Å². The standard InChI is InChI=1S/C16H30N6/c1-4-16(9-7-8-10-16)12-19-15(17-5-2)18-11-14-21-20-13-22(14)6-3/h13H,4-12H2,1-3H3,(H2,17,18,19). The highest BCUT2D eigenvalue weighted by Crippen LogP contribution is 2.40. The van der Waals surface area contributed by atoms with E-state index in [9.17, 15) is 0 Å². The van der Waals surface area contributed by atoms with Crippen LogP contribution in [0.3, 0.4) is 0 Å². The number of nitrogens with zero attached hydrogens (tertiary/aromatic N) is 4. The maximum absolute atomic E-state index is 4.66. The monoisotopic (exact) mass is 306 g/mol. The Bertz CT molecular complexity index is 473. The fourth-order valence-corrected chi connectivity index (χ4v) is 3.21. The normalized spacial score (nSPS) is 17.7. The van der Waals surface area contributed by atoms with Crippen LogP contribution in [0.1, 0.15) is 58.7 Å². The largest absolute Gasteiger partial charge is 0.357 e. The van der Waals surface area contributed by atoms with E-state index in [1.165, 1.54) is 32.1 Å². The van der Waals surface area contributed by atoms with Crippen molar-refractivity contribution < 1.29 is 0 Å². The van der Waals surface area contributed by atoms with Gasteiger partial charge in [-0.1, -0.05) is 19.8 Å². The van der Waals surface area contributed by atoms with Crippen molar-refractivity contribution in [1.29, 1.82) is 0 Å². The molecule has 2 rings (SSSR count). The Labute approximate surface area is 133 Å². The first-order valence-corrected chi connectivity index (χ1v) is 8.62. The summed E-state index contributed by atoms with van der Waals surface area (Å²) in [6.07, 6.45) is 8.39. The zero-order valence-corrected chi connectivity index (χ0v) is 14.2. The Morgan fingerprint density at radius 2 is 2.05 bits per heavy atom. The van der Waals surface area contributed by atoms with Gasteiger partial charge in [0.25, 0.3) is 0 Å².